The molecule has 2 aliphatic rings. The lowest BCUT2D eigenvalue weighted by molar-refractivity contribution is -0.135. The van der Waals surface area contributed by atoms with Crippen LogP contribution in [-0.2, 0) is 9.53 Å². The molecule has 0 spiro atoms. The van der Waals surface area contributed by atoms with Gasteiger partial charge in [-0.3, -0.25) is 14.7 Å². The third-order valence-electron chi connectivity index (χ3n) is 5.34. The molecule has 1 amide bonds. The predicted octanol–water partition coefficient (Wildman–Crippen LogP) is 1.94. The number of ether oxygens (including phenoxy) is 2. The number of carbonyl (C=O) groups is 1. The lowest BCUT2D eigenvalue weighted by atomic mass is 10.0. The van der Waals surface area contributed by atoms with Crippen LogP contribution in [0, 0.1) is 0 Å². The molecule has 4 rings (SSSR count). The molecule has 1 aromatic heterocycles. The number of amides is 1. The Kier molecular flexibility index (Phi) is 5.32. The molecule has 0 aliphatic carbocycles. The monoisotopic (exact) mass is 355 g/mol. The van der Waals surface area contributed by atoms with Gasteiger partial charge in [0, 0.05) is 43.8 Å². The number of benzene rings is 1. The van der Waals surface area contributed by atoms with Crippen molar-refractivity contribution < 1.29 is 14.3 Å². The summed E-state index contributed by atoms with van der Waals surface area (Å²) < 4.78 is 11.2. The molecule has 2 aliphatic heterocycles. The molecule has 138 valence electrons. The summed E-state index contributed by atoms with van der Waals surface area (Å²) >= 11 is 0. The summed E-state index contributed by atoms with van der Waals surface area (Å²) in [5.74, 6) is 0.776. The number of nitrogens with zero attached hydrogens (tertiary/aromatic N) is 3. The summed E-state index contributed by atoms with van der Waals surface area (Å²) in [6.45, 7) is 5.37. The van der Waals surface area contributed by atoms with Crippen LogP contribution in [-0.4, -0.2) is 72.7 Å². The molecule has 0 atom stereocenters. The second kappa shape index (κ2) is 8.01. The molecular weight excluding hydrogens is 330 g/mol. The Labute approximate surface area is 153 Å². The van der Waals surface area contributed by atoms with E-state index in [1.165, 1.54) is 0 Å². The van der Waals surface area contributed by atoms with E-state index < -0.39 is 0 Å². The van der Waals surface area contributed by atoms with Crippen molar-refractivity contribution in [3.8, 4) is 5.75 Å². The van der Waals surface area contributed by atoms with Crippen LogP contribution in [0.4, 0.5) is 0 Å². The topological polar surface area (TPSA) is 54.9 Å². The van der Waals surface area contributed by atoms with Gasteiger partial charge in [-0.05, 0) is 31.0 Å². The Bertz CT molecular complexity index is 748. The number of para-hydroxylation sites is 1. The second-order valence-electron chi connectivity index (χ2n) is 6.88. The van der Waals surface area contributed by atoms with Gasteiger partial charge in [0.25, 0.3) is 5.91 Å². The summed E-state index contributed by atoms with van der Waals surface area (Å²) in [5.41, 5.74) is 0.878. The summed E-state index contributed by atoms with van der Waals surface area (Å²) in [6, 6.07) is 10.2. The Morgan fingerprint density at radius 3 is 2.69 bits per heavy atom. The van der Waals surface area contributed by atoms with Crippen molar-refractivity contribution in [2.75, 3.05) is 46.0 Å². The molecule has 2 saturated heterocycles. The average Bonchev–Trinajstić information content (AvgIpc) is 2.73. The minimum Gasteiger partial charge on any atom is -0.483 e. The van der Waals surface area contributed by atoms with Gasteiger partial charge in [-0.15, -0.1) is 0 Å². The summed E-state index contributed by atoms with van der Waals surface area (Å²) in [6.07, 6.45) is 3.78. The van der Waals surface area contributed by atoms with Gasteiger partial charge in [-0.1, -0.05) is 12.1 Å². The quantitative estimate of drug-likeness (QED) is 0.839. The van der Waals surface area contributed by atoms with E-state index in [9.17, 15) is 4.79 Å². The van der Waals surface area contributed by atoms with Crippen molar-refractivity contribution in [2.45, 2.75) is 18.9 Å². The van der Waals surface area contributed by atoms with E-state index in [-0.39, 0.29) is 12.5 Å². The first-order valence-corrected chi connectivity index (χ1v) is 9.37. The predicted molar refractivity (Wildman–Crippen MR) is 99.2 cm³/mol. The van der Waals surface area contributed by atoms with Crippen molar-refractivity contribution in [2.24, 2.45) is 0 Å². The molecule has 0 radical (unpaired) electrons. The highest BCUT2D eigenvalue weighted by Crippen LogP contribution is 2.23. The smallest absolute Gasteiger partial charge is 0.260 e. The van der Waals surface area contributed by atoms with Gasteiger partial charge < -0.3 is 14.4 Å². The fourth-order valence-electron chi connectivity index (χ4n) is 3.85. The van der Waals surface area contributed by atoms with Crippen molar-refractivity contribution in [1.29, 1.82) is 0 Å². The Hall–Kier alpha value is -2.18. The van der Waals surface area contributed by atoms with Gasteiger partial charge in [-0.2, -0.15) is 0 Å². The summed E-state index contributed by atoms with van der Waals surface area (Å²) in [4.78, 5) is 21.3. The normalized spacial score (nSPS) is 19.6. The standard InChI is InChI=1S/C20H25N3O3/c24-20(15-26-19-5-8-21-18-4-2-1-3-17(18)19)23-9-6-16(7-10-23)22-11-13-25-14-12-22/h1-5,8,16H,6-7,9-15H2. The van der Waals surface area contributed by atoms with Gasteiger partial charge >= 0.3 is 0 Å². The Morgan fingerprint density at radius 2 is 1.88 bits per heavy atom. The van der Waals surface area contributed by atoms with Crippen LogP contribution < -0.4 is 4.74 Å². The number of aromatic nitrogens is 1. The van der Waals surface area contributed by atoms with Crippen LogP contribution in [0.15, 0.2) is 36.5 Å². The van der Waals surface area contributed by atoms with E-state index >= 15 is 0 Å². The molecule has 1 aromatic carbocycles. The third-order valence-corrected chi connectivity index (χ3v) is 5.34. The highest BCUT2D eigenvalue weighted by Gasteiger charge is 2.27. The van der Waals surface area contributed by atoms with Crippen molar-refractivity contribution in [3.63, 3.8) is 0 Å². The number of hydrogen-bond donors (Lipinski definition) is 0. The van der Waals surface area contributed by atoms with E-state index in [1.807, 2.05) is 35.2 Å². The lowest BCUT2D eigenvalue weighted by Gasteiger charge is -2.40. The maximum atomic E-state index is 12.5. The Balaban J connectivity index is 1.30. The molecule has 6 heteroatoms. The van der Waals surface area contributed by atoms with Crippen molar-refractivity contribution in [3.05, 3.63) is 36.5 Å². The Morgan fingerprint density at radius 1 is 1.12 bits per heavy atom. The fraction of sp³-hybridized carbons (Fsp3) is 0.500. The zero-order chi connectivity index (χ0) is 17.8. The van der Waals surface area contributed by atoms with E-state index in [0.29, 0.717) is 11.8 Å². The molecule has 0 bridgehead atoms. The largest absolute Gasteiger partial charge is 0.483 e. The van der Waals surface area contributed by atoms with Crippen LogP contribution >= 0.6 is 0 Å². The number of pyridine rings is 1. The van der Waals surface area contributed by atoms with Crippen LogP contribution in [0.1, 0.15) is 12.8 Å². The zero-order valence-corrected chi connectivity index (χ0v) is 15.0. The molecule has 0 unspecified atom stereocenters. The van der Waals surface area contributed by atoms with Gasteiger partial charge in [0.05, 0.1) is 18.7 Å². The third kappa shape index (κ3) is 3.81. The molecule has 3 heterocycles. The minimum atomic E-state index is 0.0614. The van der Waals surface area contributed by atoms with Crippen LogP contribution in [0.2, 0.25) is 0 Å². The fourth-order valence-corrected chi connectivity index (χ4v) is 3.85. The van der Waals surface area contributed by atoms with Gasteiger partial charge in [-0.25, -0.2) is 0 Å². The van der Waals surface area contributed by atoms with Crippen molar-refractivity contribution in [1.82, 2.24) is 14.8 Å². The number of hydrogen-bond acceptors (Lipinski definition) is 5. The van der Waals surface area contributed by atoms with Crippen molar-refractivity contribution >= 4 is 16.8 Å². The molecule has 26 heavy (non-hydrogen) atoms. The van der Waals surface area contributed by atoms with Crippen LogP contribution in [0.25, 0.3) is 10.9 Å². The molecule has 2 fully saturated rings. The van der Waals surface area contributed by atoms with Gasteiger partial charge in [0.2, 0.25) is 0 Å². The molecular formula is C20H25N3O3. The first kappa shape index (κ1) is 17.2. The van der Waals surface area contributed by atoms with Gasteiger partial charge in [0.15, 0.2) is 6.61 Å². The zero-order valence-electron chi connectivity index (χ0n) is 15.0. The summed E-state index contributed by atoms with van der Waals surface area (Å²) in [5, 5.41) is 0.939. The number of carbonyl (C=O) groups excluding carboxylic acids is 1. The number of piperidine rings is 1. The highest BCUT2D eigenvalue weighted by atomic mass is 16.5. The van der Waals surface area contributed by atoms with E-state index in [0.717, 1.165) is 63.1 Å². The first-order valence-electron chi connectivity index (χ1n) is 9.37. The maximum absolute atomic E-state index is 12.5. The van der Waals surface area contributed by atoms with E-state index in [2.05, 4.69) is 9.88 Å². The number of fused-ring (bicyclic) bond motifs is 1. The minimum absolute atomic E-state index is 0.0614. The molecule has 6 nitrogen and oxygen atoms in total. The van der Waals surface area contributed by atoms with Crippen LogP contribution in [0.3, 0.4) is 0 Å². The number of morpholine rings is 1. The molecule has 0 saturated carbocycles. The molecule has 2 aromatic rings. The van der Waals surface area contributed by atoms with Crippen LogP contribution in [0.5, 0.6) is 5.75 Å². The number of rotatable bonds is 4. The maximum Gasteiger partial charge on any atom is 0.260 e. The average molecular weight is 355 g/mol. The first-order chi connectivity index (χ1) is 12.8. The lowest BCUT2D eigenvalue weighted by Crippen LogP contribution is -2.50. The highest BCUT2D eigenvalue weighted by molar-refractivity contribution is 5.85. The second-order valence-corrected chi connectivity index (χ2v) is 6.88. The number of likely N-dealkylation sites (tertiary alicyclic amines) is 1. The SMILES string of the molecule is O=C(COc1ccnc2ccccc12)N1CCC(N2CCOCC2)CC1. The van der Waals surface area contributed by atoms with E-state index in [4.69, 9.17) is 9.47 Å². The van der Waals surface area contributed by atoms with E-state index in [1.54, 1.807) is 6.20 Å². The van der Waals surface area contributed by atoms with Gasteiger partial charge in [0.1, 0.15) is 5.75 Å². The molecule has 0 N–H and O–H groups in total. The summed E-state index contributed by atoms with van der Waals surface area (Å²) in [7, 11) is 0.